The fourth-order valence-electron chi connectivity index (χ4n) is 2.92. The predicted molar refractivity (Wildman–Crippen MR) is 56.3 cm³/mol. The number of piperidine rings is 1. The summed E-state index contributed by atoms with van der Waals surface area (Å²) in [5, 5.41) is 0. The highest BCUT2D eigenvalue weighted by atomic mass is 16.1. The maximum absolute atomic E-state index is 11.0. The van der Waals surface area contributed by atoms with Crippen LogP contribution >= 0.6 is 0 Å². The monoisotopic (exact) mass is 196 g/mol. The Morgan fingerprint density at radius 1 is 1.29 bits per heavy atom. The second-order valence-corrected chi connectivity index (χ2v) is 5.15. The van der Waals surface area contributed by atoms with Gasteiger partial charge in [-0.3, -0.25) is 9.69 Å². The van der Waals surface area contributed by atoms with Gasteiger partial charge in [0.15, 0.2) is 0 Å². The van der Waals surface area contributed by atoms with Crippen LogP contribution in [0.5, 0.6) is 0 Å². The van der Waals surface area contributed by atoms with Crippen molar-refractivity contribution in [1.82, 2.24) is 9.80 Å². The van der Waals surface area contributed by atoms with E-state index in [0.717, 1.165) is 13.1 Å². The number of rotatable bonds is 2. The van der Waals surface area contributed by atoms with Crippen LogP contribution in [0, 0.1) is 5.41 Å². The van der Waals surface area contributed by atoms with Crippen molar-refractivity contribution >= 4 is 5.78 Å². The molecule has 2 fully saturated rings. The summed E-state index contributed by atoms with van der Waals surface area (Å²) in [6, 6.07) is 0. The van der Waals surface area contributed by atoms with E-state index in [1.807, 2.05) is 0 Å². The molecule has 80 valence electrons. The van der Waals surface area contributed by atoms with Crippen molar-refractivity contribution in [2.24, 2.45) is 5.41 Å². The van der Waals surface area contributed by atoms with Crippen molar-refractivity contribution in [3.63, 3.8) is 0 Å². The van der Waals surface area contributed by atoms with E-state index in [1.165, 1.54) is 25.9 Å². The molecule has 0 atom stereocenters. The Morgan fingerprint density at radius 3 is 2.29 bits per heavy atom. The van der Waals surface area contributed by atoms with E-state index in [0.29, 0.717) is 17.7 Å². The minimum absolute atomic E-state index is 0.298. The highest BCUT2D eigenvalue weighted by Gasteiger charge is 2.42. The molecule has 2 saturated heterocycles. The summed E-state index contributed by atoms with van der Waals surface area (Å²) < 4.78 is 0. The Kier molecular flexibility index (Phi) is 2.62. The van der Waals surface area contributed by atoms with Crippen molar-refractivity contribution in [2.45, 2.75) is 19.8 Å². The van der Waals surface area contributed by atoms with Crippen LogP contribution < -0.4 is 0 Å². The van der Waals surface area contributed by atoms with E-state index in [2.05, 4.69) is 16.8 Å². The van der Waals surface area contributed by atoms with Gasteiger partial charge >= 0.3 is 0 Å². The number of Topliss-reactive ketones (excluding diaryl/α,β-unsaturated/α-hetero) is 1. The van der Waals surface area contributed by atoms with Gasteiger partial charge in [0, 0.05) is 13.1 Å². The van der Waals surface area contributed by atoms with Gasteiger partial charge in [0.25, 0.3) is 0 Å². The number of hydrogen-bond acceptors (Lipinski definition) is 3. The van der Waals surface area contributed by atoms with Crippen molar-refractivity contribution in [3.8, 4) is 0 Å². The third kappa shape index (κ3) is 1.98. The highest BCUT2D eigenvalue weighted by molar-refractivity contribution is 5.77. The molecule has 0 unspecified atom stereocenters. The van der Waals surface area contributed by atoms with E-state index in [4.69, 9.17) is 0 Å². The van der Waals surface area contributed by atoms with Crippen LogP contribution in [0.1, 0.15) is 19.8 Å². The minimum Gasteiger partial charge on any atom is -0.305 e. The fraction of sp³-hybridized carbons (Fsp3) is 0.909. The van der Waals surface area contributed by atoms with E-state index >= 15 is 0 Å². The summed E-state index contributed by atoms with van der Waals surface area (Å²) in [4.78, 5) is 15.6. The molecule has 0 radical (unpaired) electrons. The Bertz CT molecular complexity index is 223. The predicted octanol–water partition coefficient (Wildman–Crippen LogP) is 0.603. The van der Waals surface area contributed by atoms with Gasteiger partial charge in [-0.15, -0.1) is 0 Å². The number of carbonyl (C=O) groups is 1. The number of nitrogens with zero attached hydrogens (tertiary/aromatic N) is 2. The first-order valence-corrected chi connectivity index (χ1v) is 5.50. The second-order valence-electron chi connectivity index (χ2n) is 5.15. The zero-order chi connectivity index (χ0) is 10.2. The standard InChI is InChI=1S/C11H20N2O/c1-10(14)7-13-5-3-11(4-6-13)8-12(2)9-11/h3-9H2,1-2H3. The van der Waals surface area contributed by atoms with Gasteiger partial charge in [0.1, 0.15) is 5.78 Å². The second kappa shape index (κ2) is 3.63. The molecule has 0 N–H and O–H groups in total. The molecule has 14 heavy (non-hydrogen) atoms. The molecule has 0 aromatic carbocycles. The topological polar surface area (TPSA) is 23.6 Å². The molecule has 0 aliphatic carbocycles. The first-order chi connectivity index (χ1) is 6.60. The molecule has 2 rings (SSSR count). The molecule has 1 spiro atoms. The number of hydrogen-bond donors (Lipinski definition) is 0. The van der Waals surface area contributed by atoms with Gasteiger partial charge < -0.3 is 4.90 Å². The summed E-state index contributed by atoms with van der Waals surface area (Å²) in [5.41, 5.74) is 0.613. The van der Waals surface area contributed by atoms with Crippen LogP contribution in [0.3, 0.4) is 0 Å². The zero-order valence-corrected chi connectivity index (χ0v) is 9.25. The van der Waals surface area contributed by atoms with Gasteiger partial charge in [-0.05, 0) is 45.3 Å². The maximum atomic E-state index is 11.0. The normalized spacial score (nSPS) is 27.6. The molecule has 0 amide bonds. The van der Waals surface area contributed by atoms with Crippen LogP contribution in [0.4, 0.5) is 0 Å². The Balaban J connectivity index is 1.78. The average Bonchev–Trinajstić information content (AvgIpc) is 2.05. The molecule has 2 aliphatic rings. The van der Waals surface area contributed by atoms with Crippen LogP contribution in [-0.2, 0) is 4.79 Å². The summed E-state index contributed by atoms with van der Waals surface area (Å²) in [5.74, 6) is 0.298. The summed E-state index contributed by atoms with van der Waals surface area (Å²) in [6.45, 7) is 7.11. The molecular weight excluding hydrogens is 176 g/mol. The lowest BCUT2D eigenvalue weighted by Gasteiger charge is -2.52. The number of ketones is 1. The Labute approximate surface area is 86.1 Å². The Hall–Kier alpha value is -0.410. The smallest absolute Gasteiger partial charge is 0.143 e. The molecule has 0 aromatic heterocycles. The molecule has 2 aliphatic heterocycles. The van der Waals surface area contributed by atoms with Gasteiger partial charge in [0.2, 0.25) is 0 Å². The third-order valence-electron chi connectivity index (χ3n) is 3.57. The van der Waals surface area contributed by atoms with Gasteiger partial charge in [-0.2, -0.15) is 0 Å². The zero-order valence-electron chi connectivity index (χ0n) is 9.25. The fourth-order valence-corrected chi connectivity index (χ4v) is 2.92. The average molecular weight is 196 g/mol. The molecule has 0 aromatic rings. The summed E-state index contributed by atoms with van der Waals surface area (Å²) >= 11 is 0. The maximum Gasteiger partial charge on any atom is 0.143 e. The first kappa shape index (κ1) is 10.1. The SMILES string of the molecule is CC(=O)CN1CCC2(CC1)CN(C)C2. The van der Waals surface area contributed by atoms with Crippen LogP contribution in [0.25, 0.3) is 0 Å². The first-order valence-electron chi connectivity index (χ1n) is 5.50. The lowest BCUT2D eigenvalue weighted by Crippen LogP contribution is -2.58. The quantitative estimate of drug-likeness (QED) is 0.646. The van der Waals surface area contributed by atoms with Gasteiger partial charge in [-0.25, -0.2) is 0 Å². The van der Waals surface area contributed by atoms with Crippen LogP contribution in [0.2, 0.25) is 0 Å². The molecule has 3 heteroatoms. The van der Waals surface area contributed by atoms with E-state index in [1.54, 1.807) is 6.92 Å². The molecule has 0 bridgehead atoms. The van der Waals surface area contributed by atoms with E-state index < -0.39 is 0 Å². The van der Waals surface area contributed by atoms with Crippen LogP contribution in [-0.4, -0.2) is 55.4 Å². The highest BCUT2D eigenvalue weighted by Crippen LogP contribution is 2.39. The minimum atomic E-state index is 0.298. The van der Waals surface area contributed by atoms with Gasteiger partial charge in [0.05, 0.1) is 6.54 Å². The summed E-state index contributed by atoms with van der Waals surface area (Å²) in [6.07, 6.45) is 2.56. The van der Waals surface area contributed by atoms with E-state index in [-0.39, 0.29) is 0 Å². The van der Waals surface area contributed by atoms with Crippen molar-refractivity contribution in [1.29, 1.82) is 0 Å². The summed E-state index contributed by atoms with van der Waals surface area (Å²) in [7, 11) is 2.19. The molecule has 3 nitrogen and oxygen atoms in total. The van der Waals surface area contributed by atoms with E-state index in [9.17, 15) is 4.79 Å². The van der Waals surface area contributed by atoms with Crippen molar-refractivity contribution < 1.29 is 4.79 Å². The molecular formula is C11H20N2O. The largest absolute Gasteiger partial charge is 0.305 e. The third-order valence-corrected chi connectivity index (χ3v) is 3.57. The lowest BCUT2D eigenvalue weighted by molar-refractivity contribution is -0.119. The molecule has 2 heterocycles. The number of carbonyl (C=O) groups excluding carboxylic acids is 1. The van der Waals surface area contributed by atoms with Crippen molar-refractivity contribution in [3.05, 3.63) is 0 Å². The van der Waals surface area contributed by atoms with Gasteiger partial charge in [-0.1, -0.05) is 0 Å². The van der Waals surface area contributed by atoms with Crippen molar-refractivity contribution in [2.75, 3.05) is 39.8 Å². The lowest BCUT2D eigenvalue weighted by atomic mass is 9.72. The Morgan fingerprint density at radius 2 is 1.86 bits per heavy atom. The molecule has 0 saturated carbocycles. The number of likely N-dealkylation sites (tertiary alicyclic amines) is 2. The van der Waals surface area contributed by atoms with Crippen LogP contribution in [0.15, 0.2) is 0 Å².